The predicted octanol–water partition coefficient (Wildman–Crippen LogP) is 2.74. The topological polar surface area (TPSA) is 88.2 Å². The summed E-state index contributed by atoms with van der Waals surface area (Å²) in [4.78, 5) is 15.3. The average Bonchev–Trinajstić information content (AvgIpc) is 2.87. The van der Waals surface area contributed by atoms with Gasteiger partial charge in [-0.3, -0.25) is 0 Å². The van der Waals surface area contributed by atoms with E-state index in [-0.39, 0.29) is 23.0 Å². The molecule has 0 saturated carbocycles. The number of anilines is 2. The minimum absolute atomic E-state index is 0.192. The monoisotopic (exact) mass is 281 g/mol. The molecule has 7 heteroatoms. The highest BCUT2D eigenvalue weighted by Crippen LogP contribution is 2.28. The van der Waals surface area contributed by atoms with Crippen LogP contribution in [0.1, 0.15) is 28.3 Å². The molecule has 0 spiro atoms. The van der Waals surface area contributed by atoms with Crippen LogP contribution in [0, 0.1) is 5.82 Å². The molecule has 2 aromatic rings. The van der Waals surface area contributed by atoms with Crippen LogP contribution in [0.15, 0.2) is 23.7 Å². The number of carboxylic acids is 1. The van der Waals surface area contributed by atoms with Crippen molar-refractivity contribution < 1.29 is 14.3 Å². The van der Waals surface area contributed by atoms with Gasteiger partial charge in [0.1, 0.15) is 16.4 Å². The van der Waals surface area contributed by atoms with E-state index in [0.29, 0.717) is 0 Å². The van der Waals surface area contributed by atoms with E-state index >= 15 is 0 Å². The normalized spacial score (nSPS) is 12.1. The molecular weight excluding hydrogens is 269 g/mol. The van der Waals surface area contributed by atoms with E-state index in [4.69, 9.17) is 10.8 Å². The second-order valence-electron chi connectivity index (χ2n) is 3.93. The molecule has 1 aromatic heterocycles. The van der Waals surface area contributed by atoms with Crippen molar-refractivity contribution in [2.24, 2.45) is 0 Å². The summed E-state index contributed by atoms with van der Waals surface area (Å²) in [6, 6.07) is 2.31. The van der Waals surface area contributed by atoms with Gasteiger partial charge in [-0.15, -0.1) is 11.3 Å². The highest BCUT2D eigenvalue weighted by molar-refractivity contribution is 7.09. The SMILES string of the molecule is CC(Nc1ccc(F)c(N)c1C(=O)O)c1nccs1. The van der Waals surface area contributed by atoms with Crippen LogP contribution in [0.2, 0.25) is 0 Å². The van der Waals surface area contributed by atoms with Gasteiger partial charge in [0, 0.05) is 11.6 Å². The molecule has 1 unspecified atom stereocenters. The Labute approximate surface area is 112 Å². The van der Waals surface area contributed by atoms with Gasteiger partial charge in [-0.2, -0.15) is 0 Å². The first-order valence-corrected chi connectivity index (χ1v) is 6.36. The third-order valence-electron chi connectivity index (χ3n) is 2.60. The van der Waals surface area contributed by atoms with Crippen LogP contribution in [-0.2, 0) is 0 Å². The summed E-state index contributed by atoms with van der Waals surface area (Å²) < 4.78 is 13.3. The van der Waals surface area contributed by atoms with Gasteiger partial charge in [-0.25, -0.2) is 14.2 Å². The van der Waals surface area contributed by atoms with E-state index < -0.39 is 11.8 Å². The average molecular weight is 281 g/mol. The first kappa shape index (κ1) is 13.3. The quantitative estimate of drug-likeness (QED) is 0.750. The van der Waals surface area contributed by atoms with E-state index in [9.17, 15) is 9.18 Å². The molecule has 0 saturated heterocycles. The molecule has 4 N–H and O–H groups in total. The third kappa shape index (κ3) is 2.65. The van der Waals surface area contributed by atoms with Crippen molar-refractivity contribution in [2.45, 2.75) is 13.0 Å². The van der Waals surface area contributed by atoms with Gasteiger partial charge in [0.05, 0.1) is 17.4 Å². The molecule has 0 radical (unpaired) electrons. The molecule has 2 rings (SSSR count). The maximum absolute atomic E-state index is 13.3. The standard InChI is InChI=1S/C12H12FN3O2S/c1-6(11-15-4-5-19-11)16-8-3-2-7(13)10(14)9(8)12(17)18/h2-6,16H,14H2,1H3,(H,17,18). The summed E-state index contributed by atoms with van der Waals surface area (Å²) >= 11 is 1.45. The van der Waals surface area contributed by atoms with Crippen molar-refractivity contribution in [3.05, 3.63) is 40.1 Å². The van der Waals surface area contributed by atoms with Crippen LogP contribution >= 0.6 is 11.3 Å². The maximum Gasteiger partial charge on any atom is 0.340 e. The minimum Gasteiger partial charge on any atom is -0.478 e. The van der Waals surface area contributed by atoms with Crippen LogP contribution in [0.5, 0.6) is 0 Å². The second kappa shape index (κ2) is 5.23. The highest BCUT2D eigenvalue weighted by Gasteiger charge is 2.19. The van der Waals surface area contributed by atoms with Crippen molar-refractivity contribution >= 4 is 28.7 Å². The first-order chi connectivity index (χ1) is 9.00. The van der Waals surface area contributed by atoms with E-state index in [1.807, 2.05) is 12.3 Å². The Balaban J connectivity index is 2.35. The number of halogens is 1. The predicted molar refractivity (Wildman–Crippen MR) is 71.9 cm³/mol. The van der Waals surface area contributed by atoms with E-state index in [0.717, 1.165) is 11.1 Å². The summed E-state index contributed by atoms with van der Waals surface area (Å²) in [5.74, 6) is -2.02. The summed E-state index contributed by atoms with van der Waals surface area (Å²) in [5, 5.41) is 14.7. The van der Waals surface area contributed by atoms with Crippen molar-refractivity contribution in [1.29, 1.82) is 0 Å². The van der Waals surface area contributed by atoms with Crippen molar-refractivity contribution in [1.82, 2.24) is 4.98 Å². The lowest BCUT2D eigenvalue weighted by Gasteiger charge is -2.16. The Hall–Kier alpha value is -2.15. The van der Waals surface area contributed by atoms with Crippen LogP contribution in [-0.4, -0.2) is 16.1 Å². The van der Waals surface area contributed by atoms with Gasteiger partial charge in [-0.1, -0.05) is 0 Å². The number of carboxylic acid groups (broad SMARTS) is 1. The lowest BCUT2D eigenvalue weighted by atomic mass is 10.1. The molecule has 5 nitrogen and oxygen atoms in total. The molecule has 1 heterocycles. The van der Waals surface area contributed by atoms with Crippen molar-refractivity contribution in [3.8, 4) is 0 Å². The molecule has 0 aliphatic carbocycles. The van der Waals surface area contributed by atoms with Crippen molar-refractivity contribution in [2.75, 3.05) is 11.1 Å². The number of nitrogens with one attached hydrogen (secondary N) is 1. The number of rotatable bonds is 4. The molecule has 0 aliphatic heterocycles. The van der Waals surface area contributed by atoms with E-state index in [2.05, 4.69) is 10.3 Å². The number of hydrogen-bond acceptors (Lipinski definition) is 5. The Kier molecular flexibility index (Phi) is 3.66. The largest absolute Gasteiger partial charge is 0.478 e. The zero-order chi connectivity index (χ0) is 14.0. The number of nitrogens with two attached hydrogens (primary N) is 1. The number of aromatic nitrogens is 1. The molecule has 0 amide bonds. The summed E-state index contributed by atoms with van der Waals surface area (Å²) in [6.45, 7) is 1.84. The fourth-order valence-electron chi connectivity index (χ4n) is 1.69. The number of carbonyl (C=O) groups is 1. The van der Waals surface area contributed by atoms with Crippen molar-refractivity contribution in [3.63, 3.8) is 0 Å². The Morgan fingerprint density at radius 3 is 2.89 bits per heavy atom. The van der Waals surface area contributed by atoms with E-state index in [1.54, 1.807) is 6.20 Å². The zero-order valence-corrected chi connectivity index (χ0v) is 10.9. The van der Waals surface area contributed by atoms with E-state index in [1.165, 1.54) is 17.4 Å². The highest BCUT2D eigenvalue weighted by atomic mass is 32.1. The lowest BCUT2D eigenvalue weighted by Crippen LogP contribution is -2.13. The lowest BCUT2D eigenvalue weighted by molar-refractivity contribution is 0.0698. The zero-order valence-electron chi connectivity index (χ0n) is 10.1. The Morgan fingerprint density at radius 2 is 2.32 bits per heavy atom. The van der Waals surface area contributed by atoms with Crippen LogP contribution < -0.4 is 11.1 Å². The fourth-order valence-corrected chi connectivity index (χ4v) is 2.33. The molecule has 0 bridgehead atoms. The number of hydrogen-bond donors (Lipinski definition) is 3. The molecule has 1 aromatic carbocycles. The third-order valence-corrected chi connectivity index (χ3v) is 3.56. The minimum atomic E-state index is -1.27. The van der Waals surface area contributed by atoms with Crippen LogP contribution in [0.25, 0.3) is 0 Å². The summed E-state index contributed by atoms with van der Waals surface area (Å²) in [5.41, 5.74) is 5.11. The fraction of sp³-hybridized carbons (Fsp3) is 0.167. The van der Waals surface area contributed by atoms with Gasteiger partial charge in [0.25, 0.3) is 0 Å². The van der Waals surface area contributed by atoms with Crippen LogP contribution in [0.4, 0.5) is 15.8 Å². The molecule has 0 fully saturated rings. The molecule has 19 heavy (non-hydrogen) atoms. The van der Waals surface area contributed by atoms with Crippen LogP contribution in [0.3, 0.4) is 0 Å². The number of benzene rings is 1. The molecule has 1 atom stereocenters. The first-order valence-electron chi connectivity index (χ1n) is 5.48. The number of nitrogen functional groups attached to an aromatic ring is 1. The van der Waals surface area contributed by atoms with Gasteiger partial charge in [-0.05, 0) is 19.1 Å². The number of aromatic carboxylic acids is 1. The molecular formula is C12H12FN3O2S. The molecule has 100 valence electrons. The van der Waals surface area contributed by atoms with Gasteiger partial charge < -0.3 is 16.2 Å². The number of thiazole rings is 1. The Bertz CT molecular complexity index is 601. The maximum atomic E-state index is 13.3. The molecule has 0 aliphatic rings. The Morgan fingerprint density at radius 1 is 1.58 bits per heavy atom. The number of nitrogens with zero attached hydrogens (tertiary/aromatic N) is 1. The van der Waals surface area contributed by atoms with Gasteiger partial charge in [0.2, 0.25) is 0 Å². The summed E-state index contributed by atoms with van der Waals surface area (Å²) in [7, 11) is 0. The van der Waals surface area contributed by atoms with Gasteiger partial charge in [0.15, 0.2) is 0 Å². The van der Waals surface area contributed by atoms with Gasteiger partial charge >= 0.3 is 5.97 Å². The summed E-state index contributed by atoms with van der Waals surface area (Å²) in [6.07, 6.45) is 1.66. The smallest absolute Gasteiger partial charge is 0.340 e. The second-order valence-corrected chi connectivity index (χ2v) is 4.85.